The molecule has 1 aromatic heterocycles. The Morgan fingerprint density at radius 1 is 1.42 bits per heavy atom. The summed E-state index contributed by atoms with van der Waals surface area (Å²) in [5, 5.41) is 0.617. The minimum atomic E-state index is -0.136. The molecule has 1 saturated heterocycles. The summed E-state index contributed by atoms with van der Waals surface area (Å²) in [6.45, 7) is 6.19. The van der Waals surface area contributed by atoms with Gasteiger partial charge in [0.25, 0.3) is 0 Å². The highest BCUT2D eigenvalue weighted by atomic mass is 16.5. The Morgan fingerprint density at radius 3 is 3.04 bits per heavy atom. The van der Waals surface area contributed by atoms with Gasteiger partial charge >= 0.3 is 5.97 Å². The molecule has 1 fully saturated rings. The summed E-state index contributed by atoms with van der Waals surface area (Å²) in [5.41, 5.74) is 2.29. The molecule has 1 aliphatic rings. The van der Waals surface area contributed by atoms with Crippen molar-refractivity contribution in [1.29, 1.82) is 0 Å². The summed E-state index contributed by atoms with van der Waals surface area (Å²) in [7, 11) is 0. The van der Waals surface area contributed by atoms with Gasteiger partial charge in [-0.25, -0.2) is 0 Å². The van der Waals surface area contributed by atoms with Crippen LogP contribution in [0.3, 0.4) is 0 Å². The van der Waals surface area contributed by atoms with Crippen LogP contribution in [0.4, 0.5) is 0 Å². The Hall–Kier alpha value is -2.14. The number of carbonyl (C=O) groups is 1. The number of fused-ring (bicyclic) bond motifs is 1. The van der Waals surface area contributed by atoms with E-state index in [1.807, 2.05) is 32.0 Å². The fourth-order valence-electron chi connectivity index (χ4n) is 3.29. The van der Waals surface area contributed by atoms with Crippen LogP contribution in [0.25, 0.3) is 11.0 Å². The third kappa shape index (κ3) is 3.51. The molecule has 24 heavy (non-hydrogen) atoms. The predicted octanol–water partition coefficient (Wildman–Crippen LogP) is 2.88. The molecule has 1 aromatic carbocycles. The van der Waals surface area contributed by atoms with E-state index >= 15 is 0 Å². The van der Waals surface area contributed by atoms with Crippen LogP contribution in [0.15, 0.2) is 33.7 Å². The quantitative estimate of drug-likeness (QED) is 0.807. The SMILES string of the molecule is CCOC(=O)C1CCCN(Cc2coc3ccc(C)cc3c2=O)C1. The van der Waals surface area contributed by atoms with Crippen molar-refractivity contribution in [3.05, 3.63) is 45.8 Å². The molecule has 0 radical (unpaired) electrons. The van der Waals surface area contributed by atoms with E-state index in [4.69, 9.17) is 9.15 Å². The van der Waals surface area contributed by atoms with Crippen molar-refractivity contribution in [2.45, 2.75) is 33.2 Å². The van der Waals surface area contributed by atoms with Crippen LogP contribution in [0.2, 0.25) is 0 Å². The third-order valence-electron chi connectivity index (χ3n) is 4.52. The first-order valence-electron chi connectivity index (χ1n) is 8.48. The van der Waals surface area contributed by atoms with Gasteiger partial charge in [0, 0.05) is 18.7 Å². The van der Waals surface area contributed by atoms with Gasteiger partial charge in [-0.15, -0.1) is 0 Å². The first-order chi connectivity index (χ1) is 11.6. The summed E-state index contributed by atoms with van der Waals surface area (Å²) in [6.07, 6.45) is 3.33. The number of piperidine rings is 1. The van der Waals surface area contributed by atoms with E-state index in [0.29, 0.717) is 36.2 Å². The largest absolute Gasteiger partial charge is 0.466 e. The lowest BCUT2D eigenvalue weighted by Gasteiger charge is -2.31. The molecule has 5 nitrogen and oxygen atoms in total. The maximum Gasteiger partial charge on any atom is 0.310 e. The topological polar surface area (TPSA) is 59.8 Å². The number of hydrogen-bond acceptors (Lipinski definition) is 5. The van der Waals surface area contributed by atoms with Gasteiger partial charge in [-0.2, -0.15) is 0 Å². The van der Waals surface area contributed by atoms with Gasteiger partial charge < -0.3 is 9.15 Å². The van der Waals surface area contributed by atoms with Gasteiger partial charge in [-0.05, 0) is 45.4 Å². The molecule has 128 valence electrons. The number of ether oxygens (including phenoxy) is 1. The smallest absolute Gasteiger partial charge is 0.310 e. The number of nitrogens with zero attached hydrogens (tertiary/aromatic N) is 1. The number of carbonyl (C=O) groups excluding carboxylic acids is 1. The summed E-state index contributed by atoms with van der Waals surface area (Å²) in [5.74, 6) is -0.239. The lowest BCUT2D eigenvalue weighted by molar-refractivity contribution is -0.150. The molecule has 1 unspecified atom stereocenters. The molecule has 1 atom stereocenters. The lowest BCUT2D eigenvalue weighted by atomic mass is 9.97. The van der Waals surface area contributed by atoms with E-state index < -0.39 is 0 Å². The summed E-state index contributed by atoms with van der Waals surface area (Å²) >= 11 is 0. The van der Waals surface area contributed by atoms with E-state index in [1.165, 1.54) is 0 Å². The number of esters is 1. The predicted molar refractivity (Wildman–Crippen MR) is 91.9 cm³/mol. The number of likely N-dealkylation sites (tertiary alicyclic amines) is 1. The van der Waals surface area contributed by atoms with Gasteiger partial charge in [0.1, 0.15) is 5.58 Å². The molecule has 5 heteroatoms. The molecule has 2 aromatic rings. The highest BCUT2D eigenvalue weighted by molar-refractivity contribution is 5.77. The van der Waals surface area contributed by atoms with Gasteiger partial charge in [-0.1, -0.05) is 11.6 Å². The van der Waals surface area contributed by atoms with Crippen LogP contribution in [-0.2, 0) is 16.1 Å². The molecule has 0 aliphatic carbocycles. The van der Waals surface area contributed by atoms with E-state index in [0.717, 1.165) is 24.9 Å². The van der Waals surface area contributed by atoms with Crippen molar-refractivity contribution in [1.82, 2.24) is 4.90 Å². The minimum Gasteiger partial charge on any atom is -0.466 e. The third-order valence-corrected chi connectivity index (χ3v) is 4.52. The zero-order valence-corrected chi connectivity index (χ0v) is 14.2. The second-order valence-electron chi connectivity index (χ2n) is 6.42. The van der Waals surface area contributed by atoms with Crippen molar-refractivity contribution >= 4 is 16.9 Å². The van der Waals surface area contributed by atoms with Gasteiger partial charge in [0.2, 0.25) is 0 Å². The number of rotatable bonds is 4. The van der Waals surface area contributed by atoms with E-state index in [9.17, 15) is 9.59 Å². The Labute approximate surface area is 141 Å². The summed E-state index contributed by atoms with van der Waals surface area (Å²) in [6, 6.07) is 5.62. The summed E-state index contributed by atoms with van der Waals surface area (Å²) < 4.78 is 10.7. The molecule has 0 spiro atoms. The Kier molecular flexibility index (Phi) is 5.00. The number of benzene rings is 1. The first kappa shape index (κ1) is 16.7. The Morgan fingerprint density at radius 2 is 2.25 bits per heavy atom. The minimum absolute atomic E-state index is 0.0122. The zero-order valence-electron chi connectivity index (χ0n) is 14.2. The normalized spacial score (nSPS) is 18.7. The van der Waals surface area contributed by atoms with Gasteiger partial charge in [-0.3, -0.25) is 14.5 Å². The zero-order chi connectivity index (χ0) is 17.1. The Bertz CT molecular complexity index is 796. The Balaban J connectivity index is 1.78. The number of aryl methyl sites for hydroxylation is 1. The summed E-state index contributed by atoms with van der Waals surface area (Å²) in [4.78, 5) is 26.8. The maximum atomic E-state index is 12.7. The molecule has 0 N–H and O–H groups in total. The van der Waals surface area contributed by atoms with Crippen LogP contribution in [0.1, 0.15) is 30.9 Å². The van der Waals surface area contributed by atoms with Crippen molar-refractivity contribution in [3.8, 4) is 0 Å². The number of hydrogen-bond donors (Lipinski definition) is 0. The van der Waals surface area contributed by atoms with Crippen LogP contribution >= 0.6 is 0 Å². The molecular weight excluding hydrogens is 306 g/mol. The monoisotopic (exact) mass is 329 g/mol. The fraction of sp³-hybridized carbons (Fsp3) is 0.474. The second-order valence-corrected chi connectivity index (χ2v) is 6.42. The average molecular weight is 329 g/mol. The van der Waals surface area contributed by atoms with Crippen molar-refractivity contribution < 1.29 is 13.9 Å². The van der Waals surface area contributed by atoms with Gasteiger partial charge in [0.15, 0.2) is 5.43 Å². The van der Waals surface area contributed by atoms with E-state index in [-0.39, 0.29) is 17.3 Å². The van der Waals surface area contributed by atoms with Crippen LogP contribution in [0.5, 0.6) is 0 Å². The first-order valence-corrected chi connectivity index (χ1v) is 8.48. The average Bonchev–Trinajstić information content (AvgIpc) is 2.58. The highest BCUT2D eigenvalue weighted by Crippen LogP contribution is 2.20. The van der Waals surface area contributed by atoms with E-state index in [1.54, 1.807) is 6.26 Å². The van der Waals surface area contributed by atoms with Crippen LogP contribution in [-0.4, -0.2) is 30.6 Å². The van der Waals surface area contributed by atoms with Crippen LogP contribution in [0, 0.1) is 12.8 Å². The molecular formula is C19H23NO4. The van der Waals surface area contributed by atoms with Crippen molar-refractivity contribution in [2.75, 3.05) is 19.7 Å². The van der Waals surface area contributed by atoms with Crippen molar-refractivity contribution in [2.24, 2.45) is 5.92 Å². The second kappa shape index (κ2) is 7.18. The lowest BCUT2D eigenvalue weighted by Crippen LogP contribution is -2.39. The molecule has 0 bridgehead atoms. The molecule has 0 saturated carbocycles. The molecule has 2 heterocycles. The van der Waals surface area contributed by atoms with Crippen molar-refractivity contribution in [3.63, 3.8) is 0 Å². The van der Waals surface area contributed by atoms with Gasteiger partial charge in [0.05, 0.1) is 24.2 Å². The fourth-order valence-corrected chi connectivity index (χ4v) is 3.29. The molecule has 0 amide bonds. The van der Waals surface area contributed by atoms with E-state index in [2.05, 4.69) is 4.90 Å². The molecule has 3 rings (SSSR count). The molecule has 1 aliphatic heterocycles. The highest BCUT2D eigenvalue weighted by Gasteiger charge is 2.27. The van der Waals surface area contributed by atoms with Crippen LogP contribution < -0.4 is 5.43 Å². The standard InChI is InChI=1S/C19H23NO4/c1-3-23-19(22)14-5-4-8-20(10-14)11-15-12-24-17-7-6-13(2)9-16(17)18(15)21/h6-7,9,12,14H,3-5,8,10-11H2,1-2H3. The maximum absolute atomic E-state index is 12.7.